The summed E-state index contributed by atoms with van der Waals surface area (Å²) in [6.45, 7) is 0. The van der Waals surface area contributed by atoms with Crippen molar-refractivity contribution in [1.82, 2.24) is 4.72 Å². The Balaban J connectivity index is 2.13. The monoisotopic (exact) mass is 342 g/mol. The van der Waals surface area contributed by atoms with Gasteiger partial charge in [0.2, 0.25) is 0 Å². The first-order chi connectivity index (χ1) is 11.4. The predicted molar refractivity (Wildman–Crippen MR) is 88.5 cm³/mol. The number of ether oxygens (including phenoxy) is 1. The predicted octanol–water partition coefficient (Wildman–Crippen LogP) is 2.09. The minimum absolute atomic E-state index is 0.0740. The molecule has 24 heavy (non-hydrogen) atoms. The molecule has 0 saturated heterocycles. The average Bonchev–Trinajstić information content (AvgIpc) is 2.60. The fourth-order valence-corrected chi connectivity index (χ4v) is 2.86. The summed E-state index contributed by atoms with van der Waals surface area (Å²) in [5.74, 6) is -0.422. The van der Waals surface area contributed by atoms with Crippen LogP contribution in [0.3, 0.4) is 0 Å². The second-order valence-electron chi connectivity index (χ2n) is 4.72. The van der Waals surface area contributed by atoms with Gasteiger partial charge >= 0.3 is 0 Å². The Morgan fingerprint density at radius 1 is 1.21 bits per heavy atom. The molecule has 0 bridgehead atoms. The fraction of sp³-hybridized carbons (Fsp3) is 0.0588. The molecule has 0 aliphatic rings. The highest BCUT2D eigenvalue weighted by atomic mass is 32.2. The maximum atomic E-state index is 12.2. The van der Waals surface area contributed by atoms with Crippen LogP contribution in [-0.2, 0) is 14.8 Å². The van der Waals surface area contributed by atoms with Crippen molar-refractivity contribution in [2.75, 3.05) is 7.11 Å². The van der Waals surface area contributed by atoms with E-state index in [0.717, 1.165) is 6.08 Å². The van der Waals surface area contributed by atoms with Crippen LogP contribution in [0.25, 0.3) is 6.08 Å². The lowest BCUT2D eigenvalue weighted by Crippen LogP contribution is -2.28. The minimum atomic E-state index is -3.99. The van der Waals surface area contributed by atoms with Gasteiger partial charge in [0.25, 0.3) is 15.9 Å². The number of nitrogens with one attached hydrogen (secondary N) is 1. The van der Waals surface area contributed by atoms with E-state index in [4.69, 9.17) is 10.00 Å². The zero-order valence-electron chi connectivity index (χ0n) is 12.8. The van der Waals surface area contributed by atoms with Gasteiger partial charge in [-0.25, -0.2) is 13.1 Å². The number of nitrogens with zero attached hydrogens (tertiary/aromatic N) is 1. The number of rotatable bonds is 5. The molecule has 0 radical (unpaired) electrons. The molecule has 0 heterocycles. The first-order valence-electron chi connectivity index (χ1n) is 6.84. The van der Waals surface area contributed by atoms with E-state index in [1.54, 1.807) is 30.3 Å². The Labute approximate surface area is 140 Å². The molecular formula is C17H14N2O4S. The van der Waals surface area contributed by atoms with Crippen molar-refractivity contribution in [3.63, 3.8) is 0 Å². The molecule has 2 aromatic rings. The van der Waals surface area contributed by atoms with Crippen LogP contribution in [-0.4, -0.2) is 21.4 Å². The van der Waals surface area contributed by atoms with Gasteiger partial charge in [-0.1, -0.05) is 18.2 Å². The molecule has 2 aromatic carbocycles. The van der Waals surface area contributed by atoms with Crippen LogP contribution in [0.5, 0.6) is 5.75 Å². The summed E-state index contributed by atoms with van der Waals surface area (Å²) in [4.78, 5) is 11.8. The number of carbonyl (C=O) groups is 1. The average molecular weight is 342 g/mol. The molecule has 1 N–H and O–H groups in total. The van der Waals surface area contributed by atoms with E-state index in [1.807, 2.05) is 10.8 Å². The second-order valence-corrected chi connectivity index (χ2v) is 6.40. The number of carbonyl (C=O) groups excluding carboxylic acids is 1. The summed E-state index contributed by atoms with van der Waals surface area (Å²) in [7, 11) is -2.57. The first-order valence-corrected chi connectivity index (χ1v) is 8.32. The van der Waals surface area contributed by atoms with Gasteiger partial charge in [0.1, 0.15) is 5.75 Å². The van der Waals surface area contributed by atoms with Crippen molar-refractivity contribution >= 4 is 22.0 Å². The van der Waals surface area contributed by atoms with Gasteiger partial charge in [-0.15, -0.1) is 0 Å². The Morgan fingerprint density at radius 3 is 2.67 bits per heavy atom. The quantitative estimate of drug-likeness (QED) is 0.839. The second kappa shape index (κ2) is 7.44. The van der Waals surface area contributed by atoms with Gasteiger partial charge in [-0.05, 0) is 35.9 Å². The highest BCUT2D eigenvalue weighted by Gasteiger charge is 2.16. The molecule has 2 rings (SSSR count). The van der Waals surface area contributed by atoms with E-state index in [2.05, 4.69) is 0 Å². The number of hydrogen-bond donors (Lipinski definition) is 1. The molecule has 7 heteroatoms. The largest absolute Gasteiger partial charge is 0.497 e. The Kier molecular flexibility index (Phi) is 5.35. The number of nitriles is 1. The third kappa shape index (κ3) is 4.44. The van der Waals surface area contributed by atoms with Crippen molar-refractivity contribution < 1.29 is 17.9 Å². The number of methoxy groups -OCH3 is 1. The summed E-state index contributed by atoms with van der Waals surface area (Å²) >= 11 is 0. The summed E-state index contributed by atoms with van der Waals surface area (Å²) in [6.07, 6.45) is 2.52. The van der Waals surface area contributed by atoms with Crippen LogP contribution in [0.1, 0.15) is 11.1 Å². The fourth-order valence-electron chi connectivity index (χ4n) is 1.88. The van der Waals surface area contributed by atoms with Crippen molar-refractivity contribution in [3.05, 3.63) is 65.7 Å². The highest BCUT2D eigenvalue weighted by molar-refractivity contribution is 7.90. The zero-order valence-corrected chi connectivity index (χ0v) is 13.6. The lowest BCUT2D eigenvalue weighted by molar-refractivity contribution is -0.114. The number of amides is 1. The highest BCUT2D eigenvalue weighted by Crippen LogP contribution is 2.16. The molecule has 6 nitrogen and oxygen atoms in total. The molecule has 0 atom stereocenters. The third-order valence-electron chi connectivity index (χ3n) is 3.03. The lowest BCUT2D eigenvalue weighted by Gasteiger charge is -2.06. The maximum Gasteiger partial charge on any atom is 0.264 e. The molecule has 0 saturated carbocycles. The van der Waals surface area contributed by atoms with E-state index >= 15 is 0 Å². The van der Waals surface area contributed by atoms with E-state index in [0.29, 0.717) is 16.9 Å². The molecule has 0 aliphatic heterocycles. The number of sulfonamides is 1. The smallest absolute Gasteiger partial charge is 0.264 e. The maximum absolute atomic E-state index is 12.2. The first kappa shape index (κ1) is 17.2. The molecular weight excluding hydrogens is 328 g/mol. The third-order valence-corrected chi connectivity index (χ3v) is 4.37. The summed E-state index contributed by atoms with van der Waals surface area (Å²) in [6, 6.07) is 14.4. The Bertz CT molecular complexity index is 928. The summed E-state index contributed by atoms with van der Waals surface area (Å²) in [5, 5.41) is 8.82. The van der Waals surface area contributed by atoms with E-state index in [-0.39, 0.29) is 4.90 Å². The standard InChI is InChI=1S/C17H14N2O4S/c1-23-15-6-3-7-16(11-15)24(21,22)19-17(20)9-8-13-4-2-5-14(10-13)12-18/h2-11H,1H3,(H,19,20). The zero-order chi connectivity index (χ0) is 17.6. The minimum Gasteiger partial charge on any atom is -0.497 e. The summed E-state index contributed by atoms with van der Waals surface area (Å²) in [5.41, 5.74) is 1.06. The number of benzene rings is 2. The molecule has 0 spiro atoms. The van der Waals surface area contributed by atoms with Crippen molar-refractivity contribution in [2.24, 2.45) is 0 Å². The Morgan fingerprint density at radius 2 is 1.96 bits per heavy atom. The van der Waals surface area contributed by atoms with Gasteiger partial charge in [0.15, 0.2) is 0 Å². The molecule has 1 amide bonds. The lowest BCUT2D eigenvalue weighted by atomic mass is 10.1. The number of hydrogen-bond acceptors (Lipinski definition) is 5. The van der Waals surface area contributed by atoms with Crippen LogP contribution in [0.4, 0.5) is 0 Å². The van der Waals surface area contributed by atoms with E-state index < -0.39 is 15.9 Å². The SMILES string of the molecule is COc1cccc(S(=O)(=O)NC(=O)C=Cc2cccc(C#N)c2)c1. The topological polar surface area (TPSA) is 96.3 Å². The van der Waals surface area contributed by atoms with E-state index in [1.165, 1.54) is 31.4 Å². The van der Waals surface area contributed by atoms with E-state index in [9.17, 15) is 13.2 Å². The van der Waals surface area contributed by atoms with Crippen LogP contribution in [0.15, 0.2) is 59.5 Å². The molecule has 0 fully saturated rings. The van der Waals surface area contributed by atoms with Crippen LogP contribution >= 0.6 is 0 Å². The Hall–Kier alpha value is -3.11. The van der Waals surface area contributed by atoms with Gasteiger partial charge in [0, 0.05) is 12.1 Å². The van der Waals surface area contributed by atoms with Crippen molar-refractivity contribution in [3.8, 4) is 11.8 Å². The van der Waals surface area contributed by atoms with Crippen LogP contribution in [0, 0.1) is 11.3 Å². The molecule has 0 aliphatic carbocycles. The van der Waals surface area contributed by atoms with Crippen LogP contribution < -0.4 is 9.46 Å². The van der Waals surface area contributed by atoms with Crippen LogP contribution in [0.2, 0.25) is 0 Å². The van der Waals surface area contributed by atoms with Gasteiger partial charge in [-0.2, -0.15) is 5.26 Å². The molecule has 122 valence electrons. The van der Waals surface area contributed by atoms with Gasteiger partial charge in [0.05, 0.1) is 23.6 Å². The van der Waals surface area contributed by atoms with Gasteiger partial charge < -0.3 is 4.74 Å². The molecule has 0 unspecified atom stereocenters. The van der Waals surface area contributed by atoms with Gasteiger partial charge in [-0.3, -0.25) is 4.79 Å². The summed E-state index contributed by atoms with van der Waals surface area (Å²) < 4.78 is 31.2. The van der Waals surface area contributed by atoms with Crippen molar-refractivity contribution in [2.45, 2.75) is 4.90 Å². The molecule has 0 aromatic heterocycles. The van der Waals surface area contributed by atoms with Crippen molar-refractivity contribution in [1.29, 1.82) is 5.26 Å². The normalized spacial score (nSPS) is 11.0.